The van der Waals surface area contributed by atoms with Crippen molar-refractivity contribution in [2.75, 3.05) is 7.11 Å². The number of alkyl halides is 1. The Hall–Kier alpha value is -0.540. The third-order valence-electron chi connectivity index (χ3n) is 2.46. The second-order valence-electron chi connectivity index (χ2n) is 3.55. The van der Waals surface area contributed by atoms with Gasteiger partial charge in [0.25, 0.3) is 0 Å². The minimum Gasteiger partial charge on any atom is -0.496 e. The number of ether oxygens (including phenoxy) is 1. The molecule has 0 aromatic heterocycles. The van der Waals surface area contributed by atoms with Crippen molar-refractivity contribution in [1.82, 2.24) is 0 Å². The number of aliphatic hydroxyl groups is 1. The summed E-state index contributed by atoms with van der Waals surface area (Å²) in [6.45, 7) is 4.01. The first-order valence-electron chi connectivity index (χ1n) is 5.09. The zero-order valence-electron chi connectivity index (χ0n) is 9.33. The molecule has 2 atom stereocenters. The Morgan fingerprint density at radius 1 is 1.47 bits per heavy atom. The fourth-order valence-electron chi connectivity index (χ4n) is 1.52. The van der Waals surface area contributed by atoms with E-state index in [4.69, 9.17) is 4.74 Å². The van der Waals surface area contributed by atoms with Gasteiger partial charge in [0, 0.05) is 4.83 Å². The molecule has 1 N–H and O–H groups in total. The molecule has 15 heavy (non-hydrogen) atoms. The Morgan fingerprint density at radius 3 is 2.60 bits per heavy atom. The molecule has 1 aromatic carbocycles. The van der Waals surface area contributed by atoms with Gasteiger partial charge in [-0.1, -0.05) is 28.9 Å². The summed E-state index contributed by atoms with van der Waals surface area (Å²) in [6.07, 6.45) is 0.432. The molecular weight excluding hydrogens is 256 g/mol. The van der Waals surface area contributed by atoms with E-state index in [9.17, 15) is 5.11 Å². The quantitative estimate of drug-likeness (QED) is 0.854. The molecule has 84 valence electrons. The Kier molecular flexibility index (Phi) is 4.61. The molecule has 0 heterocycles. The molecule has 0 amide bonds. The first-order valence-corrected chi connectivity index (χ1v) is 6.00. The summed E-state index contributed by atoms with van der Waals surface area (Å²) in [4.78, 5) is 0.0515. The zero-order valence-corrected chi connectivity index (χ0v) is 10.9. The summed E-state index contributed by atoms with van der Waals surface area (Å²) in [5, 5.41) is 9.89. The molecule has 2 nitrogen and oxygen atoms in total. The monoisotopic (exact) mass is 272 g/mol. The minimum absolute atomic E-state index is 0.0515. The lowest BCUT2D eigenvalue weighted by Crippen LogP contribution is -2.08. The fourth-order valence-corrected chi connectivity index (χ4v) is 1.83. The van der Waals surface area contributed by atoms with Crippen molar-refractivity contribution in [2.45, 2.75) is 31.2 Å². The summed E-state index contributed by atoms with van der Waals surface area (Å²) in [5.74, 6) is 0.885. The molecular formula is C12H17BrO2. The average molecular weight is 273 g/mol. The zero-order chi connectivity index (χ0) is 11.4. The van der Waals surface area contributed by atoms with Crippen molar-refractivity contribution in [1.29, 1.82) is 0 Å². The summed E-state index contributed by atoms with van der Waals surface area (Å²) in [5.41, 5.74) is 2.05. The van der Waals surface area contributed by atoms with Gasteiger partial charge in [0.2, 0.25) is 0 Å². The standard InChI is InChI=1S/C12H17BrO2/c1-4-9-7-10(12(14)8(2)13)5-6-11(9)15-3/h5-8,12,14H,4H2,1-3H3. The van der Waals surface area contributed by atoms with Crippen molar-refractivity contribution in [3.63, 3.8) is 0 Å². The van der Waals surface area contributed by atoms with Crippen molar-refractivity contribution in [2.24, 2.45) is 0 Å². The highest BCUT2D eigenvalue weighted by Gasteiger charge is 2.14. The Morgan fingerprint density at radius 2 is 2.13 bits per heavy atom. The Labute approximate surface area is 99.4 Å². The van der Waals surface area contributed by atoms with Gasteiger partial charge < -0.3 is 9.84 Å². The highest BCUT2D eigenvalue weighted by atomic mass is 79.9. The molecule has 0 bridgehead atoms. The fraction of sp³-hybridized carbons (Fsp3) is 0.500. The molecule has 0 aliphatic rings. The highest BCUT2D eigenvalue weighted by Crippen LogP contribution is 2.27. The largest absolute Gasteiger partial charge is 0.496 e. The SMILES string of the molecule is CCc1cc(C(O)C(C)Br)ccc1OC. The van der Waals surface area contributed by atoms with E-state index in [1.54, 1.807) is 7.11 Å². The van der Waals surface area contributed by atoms with Gasteiger partial charge >= 0.3 is 0 Å². The second-order valence-corrected chi connectivity index (χ2v) is 4.99. The Balaban J connectivity index is 3.02. The van der Waals surface area contributed by atoms with Gasteiger partial charge in [-0.3, -0.25) is 0 Å². The van der Waals surface area contributed by atoms with Crippen molar-refractivity contribution < 1.29 is 9.84 Å². The lowest BCUT2D eigenvalue weighted by atomic mass is 10.0. The summed E-state index contributed by atoms with van der Waals surface area (Å²) < 4.78 is 5.24. The predicted molar refractivity (Wildman–Crippen MR) is 65.7 cm³/mol. The molecule has 0 saturated heterocycles. The van der Waals surface area contributed by atoms with Crippen LogP contribution >= 0.6 is 15.9 Å². The van der Waals surface area contributed by atoms with Crippen LogP contribution in [0.15, 0.2) is 18.2 Å². The summed E-state index contributed by atoms with van der Waals surface area (Å²) in [6, 6.07) is 5.81. The number of hydrogen-bond acceptors (Lipinski definition) is 2. The minimum atomic E-state index is -0.471. The van der Waals surface area contributed by atoms with Crippen LogP contribution in [0.5, 0.6) is 5.75 Å². The predicted octanol–water partition coefficient (Wildman–Crippen LogP) is 3.07. The van der Waals surface area contributed by atoms with E-state index in [1.807, 2.05) is 25.1 Å². The van der Waals surface area contributed by atoms with Crippen LogP contribution in [0.4, 0.5) is 0 Å². The maximum Gasteiger partial charge on any atom is 0.122 e. The van der Waals surface area contributed by atoms with E-state index < -0.39 is 6.10 Å². The number of aryl methyl sites for hydroxylation is 1. The molecule has 0 aliphatic carbocycles. The van der Waals surface area contributed by atoms with Gasteiger partial charge in [-0.15, -0.1) is 0 Å². The third kappa shape index (κ3) is 2.95. The summed E-state index contributed by atoms with van der Waals surface area (Å²) >= 11 is 3.38. The molecule has 1 rings (SSSR count). The van der Waals surface area contributed by atoms with Gasteiger partial charge in [0.1, 0.15) is 5.75 Å². The number of methoxy groups -OCH3 is 1. The number of benzene rings is 1. The molecule has 0 spiro atoms. The van der Waals surface area contributed by atoms with E-state index in [1.165, 1.54) is 0 Å². The molecule has 3 heteroatoms. The normalized spacial score (nSPS) is 14.7. The molecule has 0 aliphatic heterocycles. The molecule has 0 fully saturated rings. The van der Waals surface area contributed by atoms with E-state index >= 15 is 0 Å². The van der Waals surface area contributed by atoms with Crippen LogP contribution in [-0.4, -0.2) is 17.0 Å². The number of rotatable bonds is 4. The van der Waals surface area contributed by atoms with Crippen molar-refractivity contribution in [3.05, 3.63) is 29.3 Å². The number of hydrogen-bond donors (Lipinski definition) is 1. The van der Waals surface area contributed by atoms with Crippen molar-refractivity contribution in [3.8, 4) is 5.75 Å². The lowest BCUT2D eigenvalue weighted by Gasteiger charge is -2.16. The van der Waals surface area contributed by atoms with Crippen LogP contribution in [0.1, 0.15) is 31.1 Å². The van der Waals surface area contributed by atoms with Gasteiger partial charge in [-0.2, -0.15) is 0 Å². The smallest absolute Gasteiger partial charge is 0.122 e. The van der Waals surface area contributed by atoms with Crippen LogP contribution in [-0.2, 0) is 6.42 Å². The van der Waals surface area contributed by atoms with Crippen LogP contribution in [0.25, 0.3) is 0 Å². The highest BCUT2D eigenvalue weighted by molar-refractivity contribution is 9.09. The van der Waals surface area contributed by atoms with Crippen LogP contribution in [0.3, 0.4) is 0 Å². The molecule has 2 unspecified atom stereocenters. The maximum atomic E-state index is 9.89. The number of aliphatic hydroxyl groups excluding tert-OH is 1. The topological polar surface area (TPSA) is 29.5 Å². The van der Waals surface area contributed by atoms with Gasteiger partial charge in [-0.05, 0) is 36.6 Å². The number of halogens is 1. The van der Waals surface area contributed by atoms with Gasteiger partial charge in [0.05, 0.1) is 13.2 Å². The lowest BCUT2D eigenvalue weighted by molar-refractivity contribution is 0.181. The van der Waals surface area contributed by atoms with Gasteiger partial charge in [0.15, 0.2) is 0 Å². The average Bonchev–Trinajstić information content (AvgIpc) is 2.26. The molecule has 1 aromatic rings. The van der Waals surface area contributed by atoms with E-state index in [0.717, 1.165) is 23.3 Å². The van der Waals surface area contributed by atoms with E-state index in [-0.39, 0.29) is 4.83 Å². The van der Waals surface area contributed by atoms with E-state index in [2.05, 4.69) is 22.9 Å². The van der Waals surface area contributed by atoms with Crippen LogP contribution in [0, 0.1) is 0 Å². The first-order chi connectivity index (χ1) is 7.10. The first kappa shape index (κ1) is 12.5. The van der Waals surface area contributed by atoms with Gasteiger partial charge in [-0.25, -0.2) is 0 Å². The third-order valence-corrected chi connectivity index (χ3v) is 2.96. The Bertz CT molecular complexity index is 323. The second kappa shape index (κ2) is 5.52. The van der Waals surface area contributed by atoms with E-state index in [0.29, 0.717) is 0 Å². The maximum absolute atomic E-state index is 9.89. The molecule has 0 radical (unpaired) electrons. The van der Waals surface area contributed by atoms with Crippen LogP contribution in [0.2, 0.25) is 0 Å². The molecule has 0 saturated carbocycles. The van der Waals surface area contributed by atoms with Crippen LogP contribution < -0.4 is 4.74 Å². The van der Waals surface area contributed by atoms with Crippen molar-refractivity contribution >= 4 is 15.9 Å². The summed E-state index contributed by atoms with van der Waals surface area (Å²) in [7, 11) is 1.66.